The van der Waals surface area contributed by atoms with Gasteiger partial charge in [0, 0.05) is 6.79 Å². The third-order valence-corrected chi connectivity index (χ3v) is 2.78. The van der Waals surface area contributed by atoms with Crippen LogP contribution in [0.3, 0.4) is 0 Å². The highest BCUT2D eigenvalue weighted by atomic mass is 16.7. The van der Waals surface area contributed by atoms with Crippen LogP contribution >= 0.6 is 0 Å². The summed E-state index contributed by atoms with van der Waals surface area (Å²) < 4.78 is 18.3. The second-order valence-corrected chi connectivity index (χ2v) is 4.79. The zero-order valence-corrected chi connectivity index (χ0v) is 9.42. The van der Waals surface area contributed by atoms with E-state index >= 15 is 0 Å². The molecule has 1 atom stereocenters. The van der Waals surface area contributed by atoms with Gasteiger partial charge in [-0.2, -0.15) is 0 Å². The normalized spacial score (nSPS) is 28.3. The Labute approximate surface area is 87.2 Å². The lowest BCUT2D eigenvalue weighted by Gasteiger charge is -2.42. The van der Waals surface area contributed by atoms with Gasteiger partial charge in [-0.3, -0.25) is 4.79 Å². The number of Topliss-reactive ketones (excluding diaryl/α,β-unsaturated/α-hetero) is 1. The minimum Gasteiger partial charge on any atom is -0.350 e. The van der Waals surface area contributed by atoms with Gasteiger partial charge in [0.1, 0.15) is 5.78 Å². The molecule has 0 aliphatic carbocycles. The molecule has 0 bridgehead atoms. The van der Waals surface area contributed by atoms with E-state index in [2.05, 4.69) is 0 Å². The summed E-state index contributed by atoms with van der Waals surface area (Å²) in [6.07, 6.45) is 0.557. The number of carbonyl (C=O) groups excluding carboxylic acids is 1. The molecule has 0 aromatic heterocycles. The molecule has 0 amide bonds. The van der Waals surface area contributed by atoms with Crippen LogP contribution in [-0.4, -0.2) is 24.3 Å². The van der Waals surface area contributed by atoms with Gasteiger partial charge in [0.05, 0.1) is 12.7 Å². The monoisotopic (exact) mass is 202 g/mol. The summed E-state index contributed by atoms with van der Waals surface area (Å²) in [6, 6.07) is 0. The van der Waals surface area contributed by atoms with Gasteiger partial charge in [-0.15, -0.1) is 0 Å². The van der Waals surface area contributed by atoms with Crippen molar-refractivity contribution in [1.29, 1.82) is 0 Å². The Hall–Kier alpha value is -0.410. The Morgan fingerprint density at radius 1 is 1.57 bits per heavy atom. The first-order chi connectivity index (χ1) is 6.79. The molecule has 82 valence electrons. The van der Waals surface area contributed by atoms with Gasteiger partial charge in [0.25, 0.3) is 0 Å². The van der Waals surface area contributed by atoms with Crippen molar-refractivity contribution in [1.82, 2.24) is 0 Å². The summed E-state index contributed by atoms with van der Waals surface area (Å²) in [7, 11) is 0. The number of carbonyl (C=O) groups is 1. The van der Waals surface area contributed by atoms with Gasteiger partial charge >= 0.3 is 0 Å². The standard InChI is InChI=1S/C11H20O3/c1-8(12)10(2,3)9-6-7-13-11(4,5)14-9/h9H,6-7H2,1-5H3/t9-/m0/s1/i1T. The van der Waals surface area contributed by atoms with Crippen LogP contribution in [0.5, 0.6) is 0 Å². The molecule has 3 nitrogen and oxygen atoms in total. The van der Waals surface area contributed by atoms with E-state index in [0.717, 1.165) is 0 Å². The van der Waals surface area contributed by atoms with Gasteiger partial charge in [-0.05, 0) is 27.2 Å². The Morgan fingerprint density at radius 2 is 2.21 bits per heavy atom. The lowest BCUT2D eigenvalue weighted by Crippen LogP contribution is -2.48. The van der Waals surface area contributed by atoms with Gasteiger partial charge < -0.3 is 9.47 Å². The Kier molecular flexibility index (Phi) is 2.62. The zero-order chi connectivity index (χ0) is 11.7. The molecule has 0 saturated carbocycles. The molecular formula is C11H20O3. The maximum absolute atomic E-state index is 11.6. The molecule has 0 aromatic rings. The van der Waals surface area contributed by atoms with Crippen LogP contribution in [0.15, 0.2) is 0 Å². The minimum atomic E-state index is -0.623. The van der Waals surface area contributed by atoms with Crippen LogP contribution in [0.4, 0.5) is 0 Å². The van der Waals surface area contributed by atoms with Crippen LogP contribution in [0.2, 0.25) is 0 Å². The van der Waals surface area contributed by atoms with Crippen molar-refractivity contribution in [2.24, 2.45) is 5.41 Å². The van der Waals surface area contributed by atoms with Crippen molar-refractivity contribution in [2.45, 2.75) is 52.9 Å². The molecule has 1 fully saturated rings. The first kappa shape index (κ1) is 10.1. The first-order valence-electron chi connectivity index (χ1n) is 5.64. The van der Waals surface area contributed by atoms with E-state index in [1.807, 2.05) is 27.7 Å². The van der Waals surface area contributed by atoms with Crippen molar-refractivity contribution >= 4 is 5.78 Å². The average molecular weight is 202 g/mol. The lowest BCUT2D eigenvalue weighted by atomic mass is 9.80. The second kappa shape index (κ2) is 3.63. The van der Waals surface area contributed by atoms with E-state index in [4.69, 9.17) is 10.8 Å². The lowest BCUT2D eigenvalue weighted by molar-refractivity contribution is -0.288. The highest BCUT2D eigenvalue weighted by Crippen LogP contribution is 2.34. The summed E-state index contributed by atoms with van der Waals surface area (Å²) >= 11 is 0. The average Bonchev–Trinajstić information content (AvgIpc) is 2.15. The molecule has 1 saturated heterocycles. The quantitative estimate of drug-likeness (QED) is 0.688. The molecule has 0 spiro atoms. The molecular weight excluding hydrogens is 180 g/mol. The molecule has 1 aliphatic rings. The molecule has 0 unspecified atom stereocenters. The fraction of sp³-hybridized carbons (Fsp3) is 0.909. The second-order valence-electron chi connectivity index (χ2n) is 4.79. The van der Waals surface area contributed by atoms with Crippen LogP contribution in [0.1, 0.15) is 42.4 Å². The molecule has 1 rings (SSSR count). The van der Waals surface area contributed by atoms with E-state index in [-0.39, 0.29) is 18.8 Å². The summed E-state index contributed by atoms with van der Waals surface area (Å²) in [5.74, 6) is -0.701. The highest BCUT2D eigenvalue weighted by Gasteiger charge is 2.41. The minimum absolute atomic E-state index is 0.0785. The number of hydrogen-bond donors (Lipinski definition) is 0. The van der Waals surface area contributed by atoms with Gasteiger partial charge in [0.15, 0.2) is 5.79 Å². The number of ketones is 1. The molecule has 0 radical (unpaired) electrons. The van der Waals surface area contributed by atoms with Gasteiger partial charge in [0.2, 0.25) is 0 Å². The van der Waals surface area contributed by atoms with Crippen LogP contribution in [0, 0.1) is 5.41 Å². The molecule has 0 aromatic carbocycles. The molecule has 1 aliphatic heterocycles. The van der Waals surface area contributed by atoms with Gasteiger partial charge in [-0.1, -0.05) is 13.8 Å². The maximum atomic E-state index is 11.6. The fourth-order valence-electron chi connectivity index (χ4n) is 1.54. The van der Waals surface area contributed by atoms with E-state index in [1.165, 1.54) is 0 Å². The molecule has 0 N–H and O–H groups in total. The van der Waals surface area contributed by atoms with Crippen LogP contribution < -0.4 is 0 Å². The Morgan fingerprint density at radius 3 is 2.71 bits per heavy atom. The van der Waals surface area contributed by atoms with E-state index in [9.17, 15) is 4.79 Å². The van der Waals surface area contributed by atoms with Crippen molar-refractivity contribution in [3.05, 3.63) is 0 Å². The smallest absolute Gasteiger partial charge is 0.163 e. The molecule has 3 heteroatoms. The Balaban J connectivity index is 2.74. The predicted octanol–water partition coefficient (Wildman–Crippen LogP) is 2.14. The fourth-order valence-corrected chi connectivity index (χ4v) is 1.54. The first-order valence-corrected chi connectivity index (χ1v) is 4.94. The summed E-state index contributed by atoms with van der Waals surface area (Å²) in [5, 5.41) is 0. The third kappa shape index (κ3) is 2.34. The summed E-state index contributed by atoms with van der Waals surface area (Å²) in [6.45, 7) is 7.80. The van der Waals surface area contributed by atoms with Crippen molar-refractivity contribution in [2.75, 3.05) is 6.61 Å². The van der Waals surface area contributed by atoms with Crippen molar-refractivity contribution in [3.8, 4) is 0 Å². The SMILES string of the molecule is [3H]CC(=O)C(C)(C)[C@@H]1CCOC(C)(C)O1. The Bertz CT molecular complexity index is 248. The third-order valence-electron chi connectivity index (χ3n) is 2.78. The summed E-state index contributed by atoms with van der Waals surface area (Å²) in [4.78, 5) is 11.6. The maximum Gasteiger partial charge on any atom is 0.163 e. The van der Waals surface area contributed by atoms with Crippen LogP contribution in [0.25, 0.3) is 0 Å². The molecule has 1 heterocycles. The molecule has 14 heavy (non-hydrogen) atoms. The largest absolute Gasteiger partial charge is 0.350 e. The predicted molar refractivity (Wildman–Crippen MR) is 54.0 cm³/mol. The number of rotatable bonds is 2. The topological polar surface area (TPSA) is 35.5 Å². The van der Waals surface area contributed by atoms with Crippen LogP contribution in [-0.2, 0) is 14.3 Å². The van der Waals surface area contributed by atoms with E-state index in [1.54, 1.807) is 0 Å². The zero-order valence-electron chi connectivity index (χ0n) is 10.4. The highest BCUT2D eigenvalue weighted by molar-refractivity contribution is 5.82. The van der Waals surface area contributed by atoms with Crippen molar-refractivity contribution in [3.63, 3.8) is 0 Å². The number of hydrogen-bond acceptors (Lipinski definition) is 3. The van der Waals surface area contributed by atoms with E-state index in [0.29, 0.717) is 13.0 Å². The number of ether oxygens (including phenoxy) is 2. The van der Waals surface area contributed by atoms with Gasteiger partial charge in [-0.25, -0.2) is 0 Å². The van der Waals surface area contributed by atoms with Crippen molar-refractivity contribution < 1.29 is 15.6 Å². The summed E-state index contributed by atoms with van der Waals surface area (Å²) in [5.41, 5.74) is -0.594. The van der Waals surface area contributed by atoms with E-state index < -0.39 is 11.2 Å².